The van der Waals surface area contributed by atoms with Gasteiger partial charge in [0, 0.05) is 0 Å². The van der Waals surface area contributed by atoms with Gasteiger partial charge in [0.25, 0.3) is 5.91 Å². The number of ether oxygens (including phenoxy) is 1. The summed E-state index contributed by atoms with van der Waals surface area (Å²) in [4.78, 5) is 13.2. The standard InChI is InChI=1S/C26H29NO2/c1-5-23(29-24-17-11-13-18(2)20(24)4)26(28)27-25(21-14-7-6-8-15-21)22-16-10-9-12-19(22)3/h6-17,23,25H,5H2,1-4H3,(H,27,28)/t23-,25-/m0/s1. The van der Waals surface area contributed by atoms with Crippen molar-refractivity contribution >= 4 is 5.91 Å². The molecule has 1 amide bonds. The highest BCUT2D eigenvalue weighted by Crippen LogP contribution is 2.26. The van der Waals surface area contributed by atoms with Gasteiger partial charge in [-0.3, -0.25) is 4.79 Å². The van der Waals surface area contributed by atoms with E-state index in [4.69, 9.17) is 4.74 Å². The molecule has 3 nitrogen and oxygen atoms in total. The van der Waals surface area contributed by atoms with Crippen molar-refractivity contribution in [2.75, 3.05) is 0 Å². The lowest BCUT2D eigenvalue weighted by Gasteiger charge is -2.25. The summed E-state index contributed by atoms with van der Waals surface area (Å²) in [5.74, 6) is 0.657. The van der Waals surface area contributed by atoms with Crippen LogP contribution in [0.1, 0.15) is 47.2 Å². The molecule has 29 heavy (non-hydrogen) atoms. The molecule has 3 aromatic rings. The average Bonchev–Trinajstić information content (AvgIpc) is 2.74. The Morgan fingerprint density at radius 1 is 0.862 bits per heavy atom. The topological polar surface area (TPSA) is 38.3 Å². The number of hydrogen-bond donors (Lipinski definition) is 1. The Hall–Kier alpha value is -3.07. The van der Waals surface area contributed by atoms with Gasteiger partial charge >= 0.3 is 0 Å². The summed E-state index contributed by atoms with van der Waals surface area (Å²) in [5.41, 5.74) is 5.51. The minimum atomic E-state index is -0.550. The van der Waals surface area contributed by atoms with E-state index in [0.29, 0.717) is 6.42 Å². The van der Waals surface area contributed by atoms with Crippen molar-refractivity contribution in [3.05, 3.63) is 101 Å². The van der Waals surface area contributed by atoms with Gasteiger partial charge in [-0.05, 0) is 61.1 Å². The largest absolute Gasteiger partial charge is 0.480 e. The van der Waals surface area contributed by atoms with E-state index in [1.165, 1.54) is 0 Å². The van der Waals surface area contributed by atoms with Gasteiger partial charge in [0.05, 0.1) is 6.04 Å². The van der Waals surface area contributed by atoms with Crippen LogP contribution in [0.4, 0.5) is 0 Å². The van der Waals surface area contributed by atoms with Gasteiger partial charge in [-0.1, -0.05) is 73.7 Å². The number of carbonyl (C=O) groups is 1. The molecule has 0 bridgehead atoms. The lowest BCUT2D eigenvalue weighted by atomic mass is 9.94. The highest BCUT2D eigenvalue weighted by Gasteiger charge is 2.25. The van der Waals surface area contributed by atoms with Crippen LogP contribution in [0.3, 0.4) is 0 Å². The molecular weight excluding hydrogens is 358 g/mol. The zero-order chi connectivity index (χ0) is 20.8. The third kappa shape index (κ3) is 4.86. The maximum absolute atomic E-state index is 13.2. The fourth-order valence-electron chi connectivity index (χ4n) is 3.46. The van der Waals surface area contributed by atoms with E-state index in [9.17, 15) is 4.79 Å². The Labute approximate surface area is 173 Å². The zero-order valence-corrected chi connectivity index (χ0v) is 17.6. The maximum atomic E-state index is 13.2. The number of amides is 1. The van der Waals surface area contributed by atoms with Crippen LogP contribution in [-0.4, -0.2) is 12.0 Å². The Morgan fingerprint density at radius 3 is 2.21 bits per heavy atom. The van der Waals surface area contributed by atoms with Crippen LogP contribution in [0.15, 0.2) is 72.8 Å². The van der Waals surface area contributed by atoms with Crippen molar-refractivity contribution in [1.82, 2.24) is 5.32 Å². The number of aryl methyl sites for hydroxylation is 2. The molecule has 0 radical (unpaired) electrons. The molecule has 0 heterocycles. The molecule has 3 aromatic carbocycles. The molecule has 3 rings (SSSR count). The minimum absolute atomic E-state index is 0.106. The van der Waals surface area contributed by atoms with Crippen molar-refractivity contribution in [1.29, 1.82) is 0 Å². The molecule has 0 aliphatic heterocycles. The van der Waals surface area contributed by atoms with E-state index >= 15 is 0 Å². The van der Waals surface area contributed by atoms with E-state index in [1.54, 1.807) is 0 Å². The van der Waals surface area contributed by atoms with E-state index in [0.717, 1.165) is 33.6 Å². The van der Waals surface area contributed by atoms with E-state index in [1.807, 2.05) is 81.4 Å². The quantitative estimate of drug-likeness (QED) is 0.567. The maximum Gasteiger partial charge on any atom is 0.261 e. The molecule has 150 valence electrons. The van der Waals surface area contributed by atoms with Gasteiger partial charge < -0.3 is 10.1 Å². The predicted molar refractivity (Wildman–Crippen MR) is 118 cm³/mol. The molecule has 0 saturated carbocycles. The summed E-state index contributed by atoms with van der Waals surface area (Å²) in [6.07, 6.45) is 0.0415. The monoisotopic (exact) mass is 387 g/mol. The average molecular weight is 388 g/mol. The first-order chi connectivity index (χ1) is 14.0. The predicted octanol–water partition coefficient (Wildman–Crippen LogP) is 5.68. The Morgan fingerprint density at radius 2 is 1.52 bits per heavy atom. The van der Waals surface area contributed by atoms with E-state index in [2.05, 4.69) is 24.4 Å². The van der Waals surface area contributed by atoms with Crippen LogP contribution in [0.25, 0.3) is 0 Å². The number of carbonyl (C=O) groups excluding carboxylic acids is 1. The van der Waals surface area contributed by atoms with Crippen molar-refractivity contribution in [2.45, 2.75) is 46.3 Å². The molecule has 0 saturated heterocycles. The highest BCUT2D eigenvalue weighted by molar-refractivity contribution is 5.82. The van der Waals surface area contributed by atoms with Gasteiger partial charge in [0.1, 0.15) is 5.75 Å². The van der Waals surface area contributed by atoms with Crippen LogP contribution in [-0.2, 0) is 4.79 Å². The van der Waals surface area contributed by atoms with Crippen molar-refractivity contribution in [2.24, 2.45) is 0 Å². The van der Waals surface area contributed by atoms with Gasteiger partial charge in [-0.15, -0.1) is 0 Å². The Kier molecular flexibility index (Phi) is 6.71. The van der Waals surface area contributed by atoms with E-state index < -0.39 is 6.10 Å². The number of nitrogens with one attached hydrogen (secondary N) is 1. The number of hydrogen-bond acceptors (Lipinski definition) is 2. The molecule has 0 aliphatic rings. The van der Waals surface area contributed by atoms with Crippen molar-refractivity contribution in [3.8, 4) is 5.75 Å². The first-order valence-electron chi connectivity index (χ1n) is 10.1. The van der Waals surface area contributed by atoms with Gasteiger partial charge in [0.15, 0.2) is 6.10 Å². The fraction of sp³-hybridized carbons (Fsp3) is 0.269. The second-order valence-corrected chi connectivity index (χ2v) is 7.42. The molecular formula is C26H29NO2. The lowest BCUT2D eigenvalue weighted by Crippen LogP contribution is -2.40. The molecule has 1 N–H and O–H groups in total. The van der Waals surface area contributed by atoms with Gasteiger partial charge in [-0.2, -0.15) is 0 Å². The van der Waals surface area contributed by atoms with E-state index in [-0.39, 0.29) is 11.9 Å². The molecule has 0 spiro atoms. The molecule has 0 aliphatic carbocycles. The molecule has 3 heteroatoms. The summed E-state index contributed by atoms with van der Waals surface area (Å²) in [7, 11) is 0. The van der Waals surface area contributed by atoms with Crippen molar-refractivity contribution < 1.29 is 9.53 Å². The number of rotatable bonds is 7. The van der Waals surface area contributed by atoms with Crippen LogP contribution >= 0.6 is 0 Å². The summed E-state index contributed by atoms with van der Waals surface area (Å²) in [5, 5.41) is 3.23. The third-order valence-corrected chi connectivity index (χ3v) is 5.41. The van der Waals surface area contributed by atoms with Crippen LogP contribution < -0.4 is 10.1 Å². The molecule has 2 atom stereocenters. The highest BCUT2D eigenvalue weighted by atomic mass is 16.5. The fourth-order valence-corrected chi connectivity index (χ4v) is 3.46. The van der Waals surface area contributed by atoms with Crippen LogP contribution in [0.5, 0.6) is 5.75 Å². The Balaban J connectivity index is 1.87. The molecule has 0 aromatic heterocycles. The third-order valence-electron chi connectivity index (χ3n) is 5.41. The number of benzene rings is 3. The molecule has 0 unspecified atom stereocenters. The first kappa shape index (κ1) is 20.7. The summed E-state index contributed by atoms with van der Waals surface area (Å²) in [6, 6.07) is 23.9. The lowest BCUT2D eigenvalue weighted by molar-refractivity contribution is -0.128. The smallest absolute Gasteiger partial charge is 0.261 e. The van der Waals surface area contributed by atoms with Crippen LogP contribution in [0, 0.1) is 20.8 Å². The normalized spacial score (nSPS) is 12.8. The molecule has 0 fully saturated rings. The first-order valence-corrected chi connectivity index (χ1v) is 10.1. The van der Waals surface area contributed by atoms with Crippen LogP contribution in [0.2, 0.25) is 0 Å². The second kappa shape index (κ2) is 9.42. The summed E-state index contributed by atoms with van der Waals surface area (Å²) in [6.45, 7) is 8.12. The SMILES string of the molecule is CC[C@H](Oc1cccc(C)c1C)C(=O)N[C@@H](c1ccccc1)c1ccccc1C. The van der Waals surface area contributed by atoms with Crippen molar-refractivity contribution in [3.63, 3.8) is 0 Å². The second-order valence-electron chi connectivity index (χ2n) is 7.42. The summed E-state index contributed by atoms with van der Waals surface area (Å²) >= 11 is 0. The minimum Gasteiger partial charge on any atom is -0.480 e. The Bertz CT molecular complexity index is 965. The van der Waals surface area contributed by atoms with Gasteiger partial charge in [0.2, 0.25) is 0 Å². The summed E-state index contributed by atoms with van der Waals surface area (Å²) < 4.78 is 6.13. The zero-order valence-electron chi connectivity index (χ0n) is 17.6. The van der Waals surface area contributed by atoms with Gasteiger partial charge in [-0.25, -0.2) is 0 Å².